The second-order valence-corrected chi connectivity index (χ2v) is 8.38. The van der Waals surface area contributed by atoms with Crippen LogP contribution in [0.1, 0.15) is 41.5 Å². The number of aromatic nitrogens is 3. The predicted octanol–water partition coefficient (Wildman–Crippen LogP) is 3.63. The van der Waals surface area contributed by atoms with Gasteiger partial charge in [-0.1, -0.05) is 36.4 Å². The summed E-state index contributed by atoms with van der Waals surface area (Å²) < 4.78 is 7.93. The summed E-state index contributed by atoms with van der Waals surface area (Å²) in [5, 5.41) is 17.3. The van der Waals surface area contributed by atoms with E-state index in [0.29, 0.717) is 13.2 Å². The molecule has 1 aromatic carbocycles. The average molecular weight is 441 g/mol. The van der Waals surface area contributed by atoms with Crippen LogP contribution in [0.25, 0.3) is 0 Å². The van der Waals surface area contributed by atoms with E-state index in [1.807, 2.05) is 36.7 Å². The van der Waals surface area contributed by atoms with Gasteiger partial charge in [0.1, 0.15) is 12.4 Å². The molecule has 0 spiro atoms. The minimum absolute atomic E-state index is 0.0948. The van der Waals surface area contributed by atoms with E-state index in [9.17, 15) is 0 Å². The molecule has 166 valence electrons. The number of guanidine groups is 1. The molecule has 8 heteroatoms. The molecule has 3 rings (SSSR count). The molecule has 2 aromatic heterocycles. The standard InChI is InChI=1S/C23H32N6OS/c1-18(20-9-5-4-6-10-20)30-15-8-13-24-23(25-14-12-21-11-7-16-31-21)26-17-22-28-27-19(2)29(22)3/h4-7,9-11,16,18H,8,12-15,17H2,1-3H3,(H2,24,25,26). The lowest BCUT2D eigenvalue weighted by Gasteiger charge is -2.15. The van der Waals surface area contributed by atoms with E-state index < -0.39 is 0 Å². The van der Waals surface area contributed by atoms with E-state index in [1.165, 1.54) is 10.4 Å². The molecule has 7 nitrogen and oxygen atoms in total. The number of aryl methyl sites for hydroxylation is 1. The molecular weight excluding hydrogens is 408 g/mol. The maximum absolute atomic E-state index is 5.97. The molecule has 0 aliphatic heterocycles. The normalized spacial score (nSPS) is 12.7. The zero-order chi connectivity index (χ0) is 21.9. The number of nitrogens with one attached hydrogen (secondary N) is 2. The number of hydrogen-bond donors (Lipinski definition) is 2. The Morgan fingerprint density at radius 3 is 2.65 bits per heavy atom. The fourth-order valence-corrected chi connectivity index (χ4v) is 3.74. The smallest absolute Gasteiger partial charge is 0.191 e. The van der Waals surface area contributed by atoms with Gasteiger partial charge in [-0.25, -0.2) is 4.99 Å². The topological polar surface area (TPSA) is 76.4 Å². The van der Waals surface area contributed by atoms with Gasteiger partial charge in [-0.15, -0.1) is 21.5 Å². The van der Waals surface area contributed by atoms with Crippen LogP contribution >= 0.6 is 11.3 Å². The van der Waals surface area contributed by atoms with Crippen molar-refractivity contribution in [2.24, 2.45) is 12.0 Å². The Balaban J connectivity index is 1.45. The number of ether oxygens (including phenoxy) is 1. The molecule has 0 saturated heterocycles. The Kier molecular flexibility index (Phi) is 9.05. The highest BCUT2D eigenvalue weighted by Gasteiger charge is 2.07. The summed E-state index contributed by atoms with van der Waals surface area (Å²) in [5.74, 6) is 2.51. The van der Waals surface area contributed by atoms with Crippen molar-refractivity contribution >= 4 is 17.3 Å². The number of thiophene rings is 1. The van der Waals surface area contributed by atoms with Crippen LogP contribution in [0.3, 0.4) is 0 Å². The lowest BCUT2D eigenvalue weighted by atomic mass is 10.1. The van der Waals surface area contributed by atoms with Crippen molar-refractivity contribution in [2.45, 2.75) is 39.3 Å². The third kappa shape index (κ3) is 7.48. The van der Waals surface area contributed by atoms with Crippen molar-refractivity contribution in [3.05, 3.63) is 69.9 Å². The van der Waals surface area contributed by atoms with Crippen molar-refractivity contribution < 1.29 is 4.74 Å². The molecule has 0 bridgehead atoms. The average Bonchev–Trinajstić information content (AvgIpc) is 3.42. The summed E-state index contributed by atoms with van der Waals surface area (Å²) in [4.78, 5) is 6.06. The highest BCUT2D eigenvalue weighted by Crippen LogP contribution is 2.15. The zero-order valence-corrected chi connectivity index (χ0v) is 19.4. The number of benzene rings is 1. The minimum atomic E-state index is 0.0948. The minimum Gasteiger partial charge on any atom is -0.374 e. The quantitative estimate of drug-likeness (QED) is 0.271. The first-order valence-corrected chi connectivity index (χ1v) is 11.6. The van der Waals surface area contributed by atoms with Gasteiger partial charge in [0.2, 0.25) is 0 Å². The van der Waals surface area contributed by atoms with Gasteiger partial charge in [0, 0.05) is 31.6 Å². The number of rotatable bonds is 11. The van der Waals surface area contributed by atoms with Gasteiger partial charge in [-0.3, -0.25) is 0 Å². The number of nitrogens with zero attached hydrogens (tertiary/aromatic N) is 4. The van der Waals surface area contributed by atoms with Crippen LogP contribution in [0.5, 0.6) is 0 Å². The van der Waals surface area contributed by atoms with Gasteiger partial charge in [0.25, 0.3) is 0 Å². The second kappa shape index (κ2) is 12.2. The van der Waals surface area contributed by atoms with E-state index in [4.69, 9.17) is 9.73 Å². The third-order valence-corrected chi connectivity index (χ3v) is 5.99. The molecule has 31 heavy (non-hydrogen) atoms. The number of aliphatic imine (C=N–C) groups is 1. The van der Waals surface area contributed by atoms with Gasteiger partial charge >= 0.3 is 0 Å². The van der Waals surface area contributed by atoms with Crippen LogP contribution < -0.4 is 10.6 Å². The van der Waals surface area contributed by atoms with E-state index in [-0.39, 0.29) is 6.10 Å². The van der Waals surface area contributed by atoms with Crippen LogP contribution in [0.4, 0.5) is 0 Å². The van der Waals surface area contributed by atoms with Crippen molar-refractivity contribution in [3.63, 3.8) is 0 Å². The summed E-state index contributed by atoms with van der Waals surface area (Å²) in [7, 11) is 1.96. The van der Waals surface area contributed by atoms with Crippen LogP contribution in [0.15, 0.2) is 52.8 Å². The Morgan fingerprint density at radius 1 is 1.13 bits per heavy atom. The largest absolute Gasteiger partial charge is 0.374 e. The Bertz CT molecular complexity index is 923. The first kappa shape index (κ1) is 23.0. The predicted molar refractivity (Wildman–Crippen MR) is 126 cm³/mol. The van der Waals surface area contributed by atoms with E-state index in [0.717, 1.165) is 43.5 Å². The third-order valence-electron chi connectivity index (χ3n) is 5.06. The lowest BCUT2D eigenvalue weighted by Crippen LogP contribution is -2.39. The highest BCUT2D eigenvalue weighted by molar-refractivity contribution is 7.09. The Morgan fingerprint density at radius 2 is 1.94 bits per heavy atom. The fourth-order valence-electron chi connectivity index (χ4n) is 3.03. The van der Waals surface area contributed by atoms with Crippen LogP contribution in [-0.2, 0) is 24.8 Å². The monoisotopic (exact) mass is 440 g/mol. The summed E-state index contributed by atoms with van der Waals surface area (Å²) >= 11 is 1.78. The Labute approximate surface area is 188 Å². The molecule has 0 aliphatic rings. The van der Waals surface area contributed by atoms with E-state index in [1.54, 1.807) is 11.3 Å². The Hall–Kier alpha value is -2.71. The fraction of sp³-hybridized carbons (Fsp3) is 0.435. The highest BCUT2D eigenvalue weighted by atomic mass is 32.1. The summed E-state index contributed by atoms with van der Waals surface area (Å²) in [6.45, 7) is 6.80. The maximum atomic E-state index is 5.97. The lowest BCUT2D eigenvalue weighted by molar-refractivity contribution is 0.0646. The zero-order valence-electron chi connectivity index (χ0n) is 18.5. The molecule has 0 amide bonds. The van der Waals surface area contributed by atoms with Gasteiger partial charge in [0.15, 0.2) is 11.8 Å². The van der Waals surface area contributed by atoms with Crippen molar-refractivity contribution in [2.75, 3.05) is 19.7 Å². The molecule has 2 heterocycles. The molecule has 0 fully saturated rings. The van der Waals surface area contributed by atoms with Gasteiger partial charge in [-0.2, -0.15) is 0 Å². The van der Waals surface area contributed by atoms with Gasteiger partial charge in [0.05, 0.1) is 6.10 Å². The molecule has 0 saturated carbocycles. The first-order chi connectivity index (χ1) is 15.1. The van der Waals surface area contributed by atoms with Crippen molar-refractivity contribution in [1.29, 1.82) is 0 Å². The number of hydrogen-bond acceptors (Lipinski definition) is 5. The summed E-state index contributed by atoms with van der Waals surface area (Å²) in [6.07, 6.45) is 1.96. The molecular formula is C23H32N6OS. The van der Waals surface area contributed by atoms with E-state index in [2.05, 4.69) is 57.4 Å². The maximum Gasteiger partial charge on any atom is 0.191 e. The van der Waals surface area contributed by atoms with Gasteiger partial charge in [-0.05, 0) is 43.7 Å². The molecule has 0 aliphatic carbocycles. The summed E-state index contributed by atoms with van der Waals surface area (Å²) in [6, 6.07) is 14.5. The SMILES string of the molecule is Cc1nnc(CN=C(NCCCOC(C)c2ccccc2)NCCc2cccs2)n1C. The first-order valence-electron chi connectivity index (χ1n) is 10.7. The van der Waals surface area contributed by atoms with Crippen LogP contribution in [0.2, 0.25) is 0 Å². The molecule has 2 N–H and O–H groups in total. The van der Waals surface area contributed by atoms with Crippen LogP contribution in [-0.4, -0.2) is 40.4 Å². The molecule has 3 aromatic rings. The second-order valence-electron chi connectivity index (χ2n) is 7.35. The van der Waals surface area contributed by atoms with Gasteiger partial charge < -0.3 is 19.9 Å². The van der Waals surface area contributed by atoms with Crippen LogP contribution in [0, 0.1) is 6.92 Å². The van der Waals surface area contributed by atoms with E-state index >= 15 is 0 Å². The molecule has 1 atom stereocenters. The molecule has 1 unspecified atom stereocenters. The van der Waals surface area contributed by atoms with Crippen molar-refractivity contribution in [3.8, 4) is 0 Å². The van der Waals surface area contributed by atoms with Crippen molar-refractivity contribution in [1.82, 2.24) is 25.4 Å². The summed E-state index contributed by atoms with van der Waals surface area (Å²) in [5.41, 5.74) is 1.20. The molecule has 0 radical (unpaired) electrons.